The summed E-state index contributed by atoms with van der Waals surface area (Å²) in [6, 6.07) is 30.1. The maximum Gasteiger partial charge on any atom is 0.131 e. The van der Waals surface area contributed by atoms with Gasteiger partial charge < -0.3 is 53.1 Å². The Balaban J connectivity index is 0.00000225. The molecule has 10 atom stereocenters. The quantitative estimate of drug-likeness (QED) is 0.167. The number of halogens is 2. The second kappa shape index (κ2) is 15.7. The van der Waals surface area contributed by atoms with Crippen LogP contribution in [0.1, 0.15) is 60.1 Å². The molecule has 8 heterocycles. The molecule has 0 amide bonds. The first kappa shape index (κ1) is 39.0. The molecular weight excluding hydrogens is 800 g/mol. The molecule has 8 heteroatoms. The van der Waals surface area contributed by atoms with Crippen molar-refractivity contribution in [3.05, 3.63) is 145 Å². The topological polar surface area (TPSA) is 66.2 Å². The zero-order chi connectivity index (χ0) is 35.5. The van der Waals surface area contributed by atoms with E-state index in [1.54, 1.807) is 0 Å². The lowest BCUT2D eigenvalue weighted by molar-refractivity contribution is -0.985. The van der Waals surface area contributed by atoms with Crippen LogP contribution < -0.4 is 34.0 Å². The minimum absolute atomic E-state index is 0. The largest absolute Gasteiger partial charge is 1.00 e. The van der Waals surface area contributed by atoms with E-state index >= 15 is 0 Å². The fourth-order valence-corrected chi connectivity index (χ4v) is 11.4. The molecule has 6 aliphatic rings. The predicted molar refractivity (Wildman–Crippen MR) is 208 cm³/mol. The number of pyridine rings is 2. The second-order valence-electron chi connectivity index (χ2n) is 16.6. The van der Waals surface area contributed by atoms with Gasteiger partial charge in [-0.05, 0) is 47.2 Å². The van der Waals surface area contributed by atoms with Crippen LogP contribution in [0.25, 0.3) is 21.8 Å². The first-order valence-electron chi connectivity index (χ1n) is 19.5. The van der Waals surface area contributed by atoms with Gasteiger partial charge in [-0.15, -0.1) is 13.2 Å². The number of aliphatic hydroxyl groups excluding tert-OH is 2. The van der Waals surface area contributed by atoms with Crippen molar-refractivity contribution in [2.45, 2.75) is 63.1 Å². The van der Waals surface area contributed by atoms with E-state index in [0.29, 0.717) is 23.7 Å². The van der Waals surface area contributed by atoms with Crippen molar-refractivity contribution in [3.63, 3.8) is 0 Å². The molecule has 2 aromatic heterocycles. The molecule has 282 valence electrons. The predicted octanol–water partition coefficient (Wildman–Crippen LogP) is 2.08. The van der Waals surface area contributed by atoms with Crippen molar-refractivity contribution < 1.29 is 53.1 Å². The lowest BCUT2D eigenvalue weighted by atomic mass is 9.71. The van der Waals surface area contributed by atoms with Crippen LogP contribution in [0.3, 0.4) is 0 Å². The standard InChI is InChI=1S/C46H52N4O2.2BrH/c1-3-33-29-49(23-19-35(33)25-43(49)45(51)39-17-21-47-41-11-7-5-9-37(39)41)27-31-13-15-32(16-14-31)28-50-24-20-36(34(4-2)30-50)26-44(50)46(52)40-18-22-48-42-12-8-6-10-38(40)42;;/h3-18,21-22,33-36,43-46,51-52H,1-2,19-20,23-30H2;2*1H/q+2;;/p-2/t33?,34?,35?,36?,43?,44?,45-,46-,49?,50?;;/m1../s1. The molecule has 11 rings (SSSR count). The van der Waals surface area contributed by atoms with Crippen LogP contribution in [0.2, 0.25) is 0 Å². The molecule has 54 heavy (non-hydrogen) atoms. The number of aromatic nitrogens is 2. The second-order valence-corrected chi connectivity index (χ2v) is 16.6. The van der Waals surface area contributed by atoms with Gasteiger partial charge in [0.05, 0.1) is 37.2 Å². The van der Waals surface area contributed by atoms with Gasteiger partial charge in [0, 0.05) is 71.8 Å². The minimum atomic E-state index is -0.558. The molecule has 0 saturated carbocycles. The summed E-state index contributed by atoms with van der Waals surface area (Å²) in [6.07, 6.45) is 11.3. The molecule has 6 saturated heterocycles. The van der Waals surface area contributed by atoms with Gasteiger partial charge in [0.15, 0.2) is 0 Å². The van der Waals surface area contributed by atoms with Gasteiger partial charge in [0.2, 0.25) is 0 Å². The molecule has 8 unspecified atom stereocenters. The summed E-state index contributed by atoms with van der Waals surface area (Å²) < 4.78 is 1.78. The molecule has 2 N–H and O–H groups in total. The molecule has 3 aromatic carbocycles. The fraction of sp³-hybridized carbons (Fsp3) is 0.391. The number of quaternary nitrogens is 2. The fourth-order valence-electron chi connectivity index (χ4n) is 11.4. The monoisotopic (exact) mass is 850 g/mol. The third kappa shape index (κ3) is 6.71. The SMILES string of the molecule is C=CC1C[N+]2(Cc3ccc(C[N+]45CCC(CC4[C@H](O)c4ccnc6ccccc46)C(C=C)C5)cc3)CCC1CC2[C@H](O)c1ccnc2ccccc12.[Br-].[Br-]. The summed E-state index contributed by atoms with van der Waals surface area (Å²) in [7, 11) is 0. The van der Waals surface area contributed by atoms with Crippen LogP contribution in [-0.2, 0) is 13.1 Å². The highest BCUT2D eigenvalue weighted by molar-refractivity contribution is 5.83. The van der Waals surface area contributed by atoms with Crippen LogP contribution in [0, 0.1) is 23.7 Å². The number of piperidine rings is 6. The molecule has 0 spiro atoms. The Morgan fingerprint density at radius 2 is 1.02 bits per heavy atom. The van der Waals surface area contributed by atoms with Gasteiger partial charge in [-0.3, -0.25) is 9.97 Å². The van der Waals surface area contributed by atoms with Gasteiger partial charge in [0.1, 0.15) is 37.4 Å². The number of nitrogens with zero attached hydrogens (tertiary/aromatic N) is 4. The van der Waals surface area contributed by atoms with E-state index in [1.165, 1.54) is 24.0 Å². The van der Waals surface area contributed by atoms with Crippen molar-refractivity contribution >= 4 is 21.8 Å². The number of hydrogen-bond acceptors (Lipinski definition) is 4. The highest BCUT2D eigenvalue weighted by atomic mass is 79.9. The first-order chi connectivity index (χ1) is 25.4. The molecule has 4 bridgehead atoms. The lowest BCUT2D eigenvalue weighted by Crippen LogP contribution is -3.00. The zero-order valence-corrected chi connectivity index (χ0v) is 34.1. The molecular formula is C46H52Br2N4O2. The summed E-state index contributed by atoms with van der Waals surface area (Å²) in [5, 5.41) is 26.5. The maximum absolute atomic E-state index is 12.2. The van der Waals surface area contributed by atoms with E-state index in [1.807, 2.05) is 60.9 Å². The molecule has 0 aliphatic carbocycles. The normalized spacial score (nSPS) is 30.9. The Morgan fingerprint density at radius 3 is 1.43 bits per heavy atom. The van der Waals surface area contributed by atoms with Crippen LogP contribution in [0.4, 0.5) is 0 Å². The van der Waals surface area contributed by atoms with E-state index in [-0.39, 0.29) is 46.0 Å². The van der Waals surface area contributed by atoms with Gasteiger partial charge in [-0.25, -0.2) is 0 Å². The highest BCUT2D eigenvalue weighted by Gasteiger charge is 2.55. The number of para-hydroxylation sites is 2. The number of fused-ring (bicyclic) bond motifs is 8. The van der Waals surface area contributed by atoms with Gasteiger partial charge in [-0.1, -0.05) is 72.8 Å². The van der Waals surface area contributed by atoms with E-state index in [2.05, 4.69) is 71.7 Å². The summed E-state index contributed by atoms with van der Waals surface area (Å²) in [5.74, 6) is 2.09. The van der Waals surface area contributed by atoms with Crippen molar-refractivity contribution in [3.8, 4) is 0 Å². The minimum Gasteiger partial charge on any atom is -1.00 e. The van der Waals surface area contributed by atoms with Crippen molar-refractivity contribution in [1.29, 1.82) is 0 Å². The van der Waals surface area contributed by atoms with Crippen LogP contribution in [0.5, 0.6) is 0 Å². The summed E-state index contributed by atoms with van der Waals surface area (Å²) >= 11 is 0. The Hall–Kier alpha value is -3.24. The van der Waals surface area contributed by atoms with Gasteiger partial charge in [-0.2, -0.15) is 0 Å². The number of benzene rings is 3. The third-order valence-corrected chi connectivity index (χ3v) is 14.1. The van der Waals surface area contributed by atoms with Crippen molar-refractivity contribution in [2.75, 3.05) is 26.2 Å². The van der Waals surface area contributed by atoms with Gasteiger partial charge >= 0.3 is 0 Å². The molecule has 6 fully saturated rings. The smallest absolute Gasteiger partial charge is 0.131 e. The Bertz CT molecular complexity index is 1970. The molecule has 5 aromatic rings. The maximum atomic E-state index is 12.2. The van der Waals surface area contributed by atoms with E-state index < -0.39 is 12.2 Å². The van der Waals surface area contributed by atoms with E-state index in [4.69, 9.17) is 0 Å². The average Bonchev–Trinajstić information content (AvgIpc) is 3.20. The highest BCUT2D eigenvalue weighted by Crippen LogP contribution is 2.50. The van der Waals surface area contributed by atoms with Crippen LogP contribution >= 0.6 is 0 Å². The van der Waals surface area contributed by atoms with Crippen LogP contribution in [0.15, 0.2) is 123 Å². The van der Waals surface area contributed by atoms with Crippen molar-refractivity contribution in [1.82, 2.24) is 9.97 Å². The third-order valence-electron chi connectivity index (χ3n) is 14.1. The Kier molecular flexibility index (Phi) is 11.4. The first-order valence-corrected chi connectivity index (χ1v) is 19.5. The lowest BCUT2D eigenvalue weighted by Gasteiger charge is -2.58. The van der Waals surface area contributed by atoms with E-state index in [0.717, 1.165) is 94.0 Å². The zero-order valence-electron chi connectivity index (χ0n) is 30.9. The Morgan fingerprint density at radius 1 is 0.611 bits per heavy atom. The molecule has 6 aliphatic heterocycles. The number of rotatable bonds is 10. The molecule has 0 radical (unpaired) electrons. The average molecular weight is 853 g/mol. The number of hydrogen-bond donors (Lipinski definition) is 2. The molecule has 6 nitrogen and oxygen atoms in total. The van der Waals surface area contributed by atoms with Crippen molar-refractivity contribution in [2.24, 2.45) is 23.7 Å². The summed E-state index contributed by atoms with van der Waals surface area (Å²) in [6.45, 7) is 14.5. The van der Waals surface area contributed by atoms with Crippen LogP contribution in [-0.4, -0.2) is 67.4 Å². The van der Waals surface area contributed by atoms with Gasteiger partial charge in [0.25, 0.3) is 0 Å². The Labute approximate surface area is 341 Å². The summed E-state index contributed by atoms with van der Waals surface area (Å²) in [5.41, 5.74) is 6.52. The summed E-state index contributed by atoms with van der Waals surface area (Å²) in [4.78, 5) is 9.18. The number of aliphatic hydroxyl groups is 2. The van der Waals surface area contributed by atoms with E-state index in [9.17, 15) is 10.2 Å².